The van der Waals surface area contributed by atoms with E-state index in [1.165, 1.54) is 5.57 Å². The van der Waals surface area contributed by atoms with E-state index in [4.69, 9.17) is 16.3 Å². The molecule has 0 saturated heterocycles. The number of allylic oxidation sites excluding steroid dienone is 1. The highest BCUT2D eigenvalue weighted by molar-refractivity contribution is 6.30. The molecule has 1 aromatic carbocycles. The van der Waals surface area contributed by atoms with E-state index in [-0.39, 0.29) is 57.3 Å². The van der Waals surface area contributed by atoms with E-state index < -0.39 is 5.41 Å². The number of rotatable bonds is 5. The highest BCUT2D eigenvalue weighted by Gasteiger charge is 2.71. The van der Waals surface area contributed by atoms with Crippen LogP contribution < -0.4 is 5.32 Å². The van der Waals surface area contributed by atoms with Gasteiger partial charge in [0.25, 0.3) is 0 Å². The molecule has 0 unspecified atom stereocenters. The first-order chi connectivity index (χ1) is 21.0. The average Bonchev–Trinajstić information content (AvgIpc) is 3.27. The summed E-state index contributed by atoms with van der Waals surface area (Å²) in [6, 6.07) is 7.63. The van der Waals surface area contributed by atoms with Gasteiger partial charge in [-0.3, -0.25) is 14.4 Å². The van der Waals surface area contributed by atoms with Crippen molar-refractivity contribution in [3.8, 4) is 0 Å². The maximum absolute atomic E-state index is 14.4. The van der Waals surface area contributed by atoms with Crippen molar-refractivity contribution in [1.82, 2.24) is 5.32 Å². The van der Waals surface area contributed by atoms with Gasteiger partial charge in [0.15, 0.2) is 5.78 Å². The summed E-state index contributed by atoms with van der Waals surface area (Å²) in [5, 5.41) is 3.92. The molecule has 6 rings (SSSR count). The number of carbonyl (C=O) groups is 3. The molecule has 0 aliphatic heterocycles. The van der Waals surface area contributed by atoms with Gasteiger partial charge in [-0.25, -0.2) is 0 Å². The van der Waals surface area contributed by atoms with E-state index in [0.29, 0.717) is 29.8 Å². The summed E-state index contributed by atoms with van der Waals surface area (Å²) in [7, 11) is 0. The fourth-order valence-corrected chi connectivity index (χ4v) is 12.5. The second kappa shape index (κ2) is 11.0. The van der Waals surface area contributed by atoms with E-state index in [9.17, 15) is 14.4 Å². The predicted molar refractivity (Wildman–Crippen MR) is 178 cm³/mol. The van der Waals surface area contributed by atoms with Crippen LogP contribution in [0, 0.1) is 50.7 Å². The Hall–Kier alpha value is -2.14. The number of Topliss-reactive ketones (excluding diaryl/α,β-unsaturated/α-hetero) is 1. The van der Waals surface area contributed by atoms with Gasteiger partial charge in [-0.05, 0) is 120 Å². The molecule has 4 saturated carbocycles. The fourth-order valence-electron chi connectivity index (χ4n) is 12.3. The van der Waals surface area contributed by atoms with Crippen molar-refractivity contribution in [3.63, 3.8) is 0 Å². The van der Waals surface area contributed by atoms with Gasteiger partial charge in [0.2, 0.25) is 5.91 Å². The molecule has 0 radical (unpaired) electrons. The maximum atomic E-state index is 14.4. The van der Waals surface area contributed by atoms with Crippen LogP contribution in [0.4, 0.5) is 0 Å². The summed E-state index contributed by atoms with van der Waals surface area (Å²) in [6.45, 7) is 18.5. The summed E-state index contributed by atoms with van der Waals surface area (Å²) in [5.41, 5.74) is 2.51. The zero-order valence-corrected chi connectivity index (χ0v) is 29.5. The maximum Gasteiger partial charge on any atom is 0.302 e. The number of nitrogens with one attached hydrogen (secondary N) is 1. The third-order valence-corrected chi connectivity index (χ3v) is 14.7. The van der Waals surface area contributed by atoms with Crippen molar-refractivity contribution < 1.29 is 19.1 Å². The zero-order chi connectivity index (χ0) is 32.7. The van der Waals surface area contributed by atoms with Gasteiger partial charge in [-0.1, -0.05) is 72.2 Å². The third-order valence-electron chi connectivity index (χ3n) is 14.5. The van der Waals surface area contributed by atoms with Gasteiger partial charge < -0.3 is 10.1 Å². The minimum atomic E-state index is -0.756. The third kappa shape index (κ3) is 4.71. The molecule has 8 atom stereocenters. The van der Waals surface area contributed by atoms with Crippen molar-refractivity contribution >= 4 is 29.3 Å². The van der Waals surface area contributed by atoms with E-state index in [1.807, 2.05) is 24.3 Å². The number of ketones is 1. The summed E-state index contributed by atoms with van der Waals surface area (Å²) in [6.07, 6.45) is 8.33. The first-order valence-electron chi connectivity index (χ1n) is 17.5. The Balaban J connectivity index is 1.35. The summed E-state index contributed by atoms with van der Waals surface area (Å²) < 4.78 is 5.92. The minimum Gasteiger partial charge on any atom is -0.462 e. The zero-order valence-electron chi connectivity index (χ0n) is 28.8. The smallest absolute Gasteiger partial charge is 0.302 e. The van der Waals surface area contributed by atoms with E-state index in [2.05, 4.69) is 53.8 Å². The monoisotopic (exact) mass is 635 g/mol. The lowest BCUT2D eigenvalue weighted by Gasteiger charge is -2.72. The molecule has 1 N–H and O–H groups in total. The van der Waals surface area contributed by atoms with Crippen LogP contribution in [0.15, 0.2) is 35.4 Å². The molecular formula is C39H54ClNO4. The highest BCUT2D eigenvalue weighted by atomic mass is 35.5. The normalized spacial score (nSPS) is 40.3. The van der Waals surface area contributed by atoms with Gasteiger partial charge >= 0.3 is 5.97 Å². The Morgan fingerprint density at radius 2 is 1.69 bits per heavy atom. The van der Waals surface area contributed by atoms with Crippen LogP contribution in [0.2, 0.25) is 5.02 Å². The number of hydrogen-bond acceptors (Lipinski definition) is 4. The topological polar surface area (TPSA) is 72.5 Å². The molecule has 5 nitrogen and oxygen atoms in total. The number of esters is 1. The van der Waals surface area contributed by atoms with Crippen LogP contribution in [-0.2, 0) is 25.7 Å². The van der Waals surface area contributed by atoms with Crippen LogP contribution >= 0.6 is 11.6 Å². The summed E-state index contributed by atoms with van der Waals surface area (Å²) in [4.78, 5) is 40.3. The van der Waals surface area contributed by atoms with Crippen LogP contribution in [0.25, 0.3) is 0 Å². The first kappa shape index (κ1) is 32.8. The molecule has 1 aromatic rings. The van der Waals surface area contributed by atoms with Crippen molar-refractivity contribution in [2.75, 3.05) is 0 Å². The van der Waals surface area contributed by atoms with Crippen molar-refractivity contribution in [2.45, 2.75) is 126 Å². The lowest BCUT2D eigenvalue weighted by molar-refractivity contribution is -0.232. The van der Waals surface area contributed by atoms with Gasteiger partial charge in [-0.2, -0.15) is 0 Å². The molecule has 0 bridgehead atoms. The van der Waals surface area contributed by atoms with Crippen molar-refractivity contribution in [1.29, 1.82) is 0 Å². The lowest BCUT2D eigenvalue weighted by Crippen LogP contribution is -2.66. The minimum absolute atomic E-state index is 0.00238. The second-order valence-corrected chi connectivity index (χ2v) is 17.5. The summed E-state index contributed by atoms with van der Waals surface area (Å²) >= 11 is 6.24. The molecule has 5 aliphatic rings. The molecule has 45 heavy (non-hydrogen) atoms. The number of fused-ring (bicyclic) bond motifs is 7. The molecule has 0 aromatic heterocycles. The molecule has 6 heteroatoms. The lowest BCUT2D eigenvalue weighted by atomic mass is 9.33. The average molecular weight is 636 g/mol. The number of halogens is 1. The number of carbonyl (C=O) groups excluding carboxylic acids is 3. The first-order valence-corrected chi connectivity index (χ1v) is 17.9. The van der Waals surface area contributed by atoms with Crippen LogP contribution in [0.5, 0.6) is 0 Å². The van der Waals surface area contributed by atoms with Crippen molar-refractivity contribution in [3.05, 3.63) is 46.0 Å². The van der Waals surface area contributed by atoms with Gasteiger partial charge in [0, 0.05) is 30.3 Å². The number of amides is 1. The highest BCUT2D eigenvalue weighted by Crippen LogP contribution is 2.76. The van der Waals surface area contributed by atoms with Gasteiger partial charge in [-0.15, -0.1) is 0 Å². The quantitative estimate of drug-likeness (QED) is 0.328. The predicted octanol–water partition coefficient (Wildman–Crippen LogP) is 8.87. The Labute approximate surface area is 275 Å². The van der Waals surface area contributed by atoms with Crippen LogP contribution in [0.1, 0.15) is 119 Å². The standard InChI is InChI=1S/C39H54ClNO4/c1-23(2)32-28(43)21-39(34(44)41-22-25-10-9-11-26(40)20-25)19-18-37(7)27(33(32)39)12-13-30-36(6)16-15-31(45-24(3)42)35(4,5)29(36)14-17-38(30,37)8/h9-11,20,23,27,29-31H,12-19,21-22H2,1-8H3,(H,41,44)/t27-,29+,30-,31+,36+,37-,38-,39-/m1/s1. The molecule has 5 aliphatic carbocycles. The molecule has 4 fully saturated rings. The molecule has 1 amide bonds. The Morgan fingerprint density at radius 1 is 0.956 bits per heavy atom. The molecule has 246 valence electrons. The van der Waals surface area contributed by atoms with E-state index in [1.54, 1.807) is 6.92 Å². The van der Waals surface area contributed by atoms with Gasteiger partial charge in [0.1, 0.15) is 6.10 Å². The molecule has 0 heterocycles. The largest absolute Gasteiger partial charge is 0.462 e. The Morgan fingerprint density at radius 3 is 2.36 bits per heavy atom. The summed E-state index contributed by atoms with van der Waals surface area (Å²) in [5.74, 6) is 1.36. The van der Waals surface area contributed by atoms with Crippen LogP contribution in [-0.4, -0.2) is 23.8 Å². The van der Waals surface area contributed by atoms with Gasteiger partial charge in [0.05, 0.1) is 5.41 Å². The second-order valence-electron chi connectivity index (χ2n) is 17.0. The molecular weight excluding hydrogens is 582 g/mol. The number of hydrogen-bond donors (Lipinski definition) is 1. The SMILES string of the molecule is CC(=O)O[C@H]1CC[C@]2(C)[C@H]3CC[C@@H]4C5=C(C(C)C)C(=O)C[C@]5(C(=O)NCc5cccc(Cl)c5)CC[C@@]4(C)[C@]3(C)CC[C@H]2C1(C)C. The van der Waals surface area contributed by atoms with E-state index in [0.717, 1.165) is 62.5 Å². The fraction of sp³-hybridized carbons (Fsp3) is 0.718. The van der Waals surface area contributed by atoms with E-state index >= 15 is 0 Å². The van der Waals surface area contributed by atoms with Crippen molar-refractivity contribution in [2.24, 2.45) is 50.7 Å². The Kier molecular flexibility index (Phi) is 7.98. The number of ether oxygens (including phenoxy) is 1. The Bertz CT molecular complexity index is 1450. The number of benzene rings is 1. The van der Waals surface area contributed by atoms with Crippen LogP contribution in [0.3, 0.4) is 0 Å². The molecule has 0 spiro atoms.